The SMILES string of the molecule is NCC1(C(=O)N2CCCC2C(=O)O)CCOCC1. The lowest BCUT2D eigenvalue weighted by atomic mass is 9.78. The van der Waals surface area contributed by atoms with Gasteiger partial charge in [0.25, 0.3) is 0 Å². The first-order valence-corrected chi connectivity index (χ1v) is 6.42. The number of nitrogens with two attached hydrogens (primary N) is 1. The fraction of sp³-hybridized carbons (Fsp3) is 0.833. The fourth-order valence-corrected chi connectivity index (χ4v) is 2.84. The molecule has 0 bridgehead atoms. The molecule has 2 saturated heterocycles. The summed E-state index contributed by atoms with van der Waals surface area (Å²) < 4.78 is 5.27. The van der Waals surface area contributed by atoms with E-state index in [0.29, 0.717) is 39.0 Å². The van der Waals surface area contributed by atoms with Crippen LogP contribution < -0.4 is 5.73 Å². The van der Waals surface area contributed by atoms with Crippen LogP contribution in [0.3, 0.4) is 0 Å². The molecular weight excluding hydrogens is 236 g/mol. The maximum Gasteiger partial charge on any atom is 0.326 e. The highest BCUT2D eigenvalue weighted by molar-refractivity contribution is 5.88. The molecular formula is C12H20N2O4. The Hall–Kier alpha value is -1.14. The van der Waals surface area contributed by atoms with Gasteiger partial charge in [-0.2, -0.15) is 0 Å². The number of aliphatic carboxylic acids is 1. The Morgan fingerprint density at radius 3 is 2.61 bits per heavy atom. The average molecular weight is 256 g/mol. The van der Waals surface area contributed by atoms with Crippen molar-refractivity contribution in [1.29, 1.82) is 0 Å². The largest absolute Gasteiger partial charge is 0.480 e. The van der Waals surface area contributed by atoms with Gasteiger partial charge in [-0.1, -0.05) is 0 Å². The van der Waals surface area contributed by atoms with Gasteiger partial charge in [0.15, 0.2) is 0 Å². The van der Waals surface area contributed by atoms with Crippen LogP contribution in [0.5, 0.6) is 0 Å². The molecule has 0 aromatic carbocycles. The van der Waals surface area contributed by atoms with Crippen molar-refractivity contribution >= 4 is 11.9 Å². The van der Waals surface area contributed by atoms with Crippen LogP contribution in [-0.4, -0.2) is 54.2 Å². The standard InChI is InChI=1S/C12H20N2O4/c13-8-12(3-6-18-7-4-12)11(17)14-5-1-2-9(14)10(15)16/h9H,1-8,13H2,(H,15,16). The van der Waals surface area contributed by atoms with Crippen molar-refractivity contribution < 1.29 is 19.4 Å². The number of carboxylic acids is 1. The number of amides is 1. The quantitative estimate of drug-likeness (QED) is 0.730. The minimum atomic E-state index is -0.917. The van der Waals surface area contributed by atoms with Crippen LogP contribution in [0.4, 0.5) is 0 Å². The zero-order chi connectivity index (χ0) is 13.2. The van der Waals surface area contributed by atoms with Crippen molar-refractivity contribution in [3.8, 4) is 0 Å². The second-order valence-electron chi connectivity index (χ2n) is 5.09. The van der Waals surface area contributed by atoms with Crippen molar-refractivity contribution in [3.63, 3.8) is 0 Å². The Morgan fingerprint density at radius 1 is 1.39 bits per heavy atom. The molecule has 0 saturated carbocycles. The third-order valence-corrected chi connectivity index (χ3v) is 4.09. The molecule has 0 aromatic heterocycles. The van der Waals surface area contributed by atoms with E-state index in [1.807, 2.05) is 0 Å². The summed E-state index contributed by atoms with van der Waals surface area (Å²) in [4.78, 5) is 25.2. The Balaban J connectivity index is 2.15. The molecule has 1 unspecified atom stereocenters. The summed E-state index contributed by atoms with van der Waals surface area (Å²) in [6.07, 6.45) is 2.47. The number of hydrogen-bond acceptors (Lipinski definition) is 4. The zero-order valence-electron chi connectivity index (χ0n) is 10.4. The zero-order valence-corrected chi connectivity index (χ0v) is 10.4. The molecule has 1 atom stereocenters. The number of ether oxygens (including phenoxy) is 1. The van der Waals surface area contributed by atoms with Gasteiger partial charge in [-0.3, -0.25) is 4.79 Å². The van der Waals surface area contributed by atoms with Crippen LogP contribution in [0.15, 0.2) is 0 Å². The molecule has 18 heavy (non-hydrogen) atoms. The summed E-state index contributed by atoms with van der Waals surface area (Å²) in [6.45, 7) is 1.83. The van der Waals surface area contributed by atoms with Gasteiger partial charge in [-0.15, -0.1) is 0 Å². The minimum absolute atomic E-state index is 0.0989. The number of carbonyl (C=O) groups excluding carboxylic acids is 1. The molecule has 2 rings (SSSR count). The summed E-state index contributed by atoms with van der Waals surface area (Å²) in [7, 11) is 0. The third kappa shape index (κ3) is 2.22. The first-order chi connectivity index (χ1) is 8.60. The molecule has 0 aromatic rings. The minimum Gasteiger partial charge on any atom is -0.480 e. The normalized spacial score (nSPS) is 27.2. The number of nitrogens with zero attached hydrogens (tertiary/aromatic N) is 1. The van der Waals surface area contributed by atoms with Crippen LogP contribution in [0, 0.1) is 5.41 Å². The molecule has 6 heteroatoms. The van der Waals surface area contributed by atoms with Crippen LogP contribution in [0.1, 0.15) is 25.7 Å². The van der Waals surface area contributed by atoms with E-state index in [1.165, 1.54) is 4.90 Å². The van der Waals surface area contributed by atoms with Gasteiger partial charge in [-0.05, 0) is 25.7 Å². The number of hydrogen-bond donors (Lipinski definition) is 2. The Bertz CT molecular complexity index is 339. The van der Waals surface area contributed by atoms with Crippen LogP contribution >= 0.6 is 0 Å². The Labute approximate surface area is 106 Å². The summed E-state index contributed by atoms with van der Waals surface area (Å²) in [5.74, 6) is -1.02. The lowest BCUT2D eigenvalue weighted by molar-refractivity contribution is -0.156. The molecule has 0 radical (unpaired) electrons. The highest BCUT2D eigenvalue weighted by Gasteiger charge is 2.45. The van der Waals surface area contributed by atoms with Gasteiger partial charge >= 0.3 is 5.97 Å². The van der Waals surface area contributed by atoms with Crippen molar-refractivity contribution in [2.75, 3.05) is 26.3 Å². The van der Waals surface area contributed by atoms with E-state index in [0.717, 1.165) is 6.42 Å². The van der Waals surface area contributed by atoms with E-state index >= 15 is 0 Å². The molecule has 2 aliphatic heterocycles. The molecule has 2 aliphatic rings. The monoisotopic (exact) mass is 256 g/mol. The van der Waals surface area contributed by atoms with Gasteiger partial charge in [0.2, 0.25) is 5.91 Å². The summed E-state index contributed by atoms with van der Waals surface area (Å²) in [5, 5.41) is 9.14. The first kappa shape index (κ1) is 13.3. The van der Waals surface area contributed by atoms with E-state index in [-0.39, 0.29) is 12.5 Å². The van der Waals surface area contributed by atoms with Crippen LogP contribution in [-0.2, 0) is 14.3 Å². The van der Waals surface area contributed by atoms with E-state index in [1.54, 1.807) is 0 Å². The van der Waals surface area contributed by atoms with Gasteiger partial charge in [0, 0.05) is 26.3 Å². The molecule has 102 valence electrons. The van der Waals surface area contributed by atoms with E-state index in [9.17, 15) is 9.59 Å². The van der Waals surface area contributed by atoms with Gasteiger partial charge in [-0.25, -0.2) is 4.79 Å². The molecule has 0 spiro atoms. The predicted octanol–water partition coefficient (Wildman–Crippen LogP) is -0.182. The van der Waals surface area contributed by atoms with Crippen molar-refractivity contribution in [3.05, 3.63) is 0 Å². The first-order valence-electron chi connectivity index (χ1n) is 6.42. The van der Waals surface area contributed by atoms with Crippen molar-refractivity contribution in [2.24, 2.45) is 11.1 Å². The number of likely N-dealkylation sites (tertiary alicyclic amines) is 1. The molecule has 0 aliphatic carbocycles. The molecule has 1 amide bonds. The van der Waals surface area contributed by atoms with Crippen molar-refractivity contribution in [2.45, 2.75) is 31.7 Å². The van der Waals surface area contributed by atoms with Gasteiger partial charge in [0.1, 0.15) is 6.04 Å². The number of carbonyl (C=O) groups is 2. The van der Waals surface area contributed by atoms with E-state index < -0.39 is 17.4 Å². The topological polar surface area (TPSA) is 92.9 Å². The van der Waals surface area contributed by atoms with Gasteiger partial charge in [0.05, 0.1) is 5.41 Å². The smallest absolute Gasteiger partial charge is 0.326 e. The highest BCUT2D eigenvalue weighted by atomic mass is 16.5. The van der Waals surface area contributed by atoms with Crippen LogP contribution in [0.2, 0.25) is 0 Å². The molecule has 2 fully saturated rings. The average Bonchev–Trinajstić information content (AvgIpc) is 2.88. The summed E-state index contributed by atoms with van der Waals surface area (Å²) >= 11 is 0. The van der Waals surface area contributed by atoms with E-state index in [4.69, 9.17) is 15.6 Å². The van der Waals surface area contributed by atoms with Gasteiger partial charge < -0.3 is 20.5 Å². The highest BCUT2D eigenvalue weighted by Crippen LogP contribution is 2.34. The lowest BCUT2D eigenvalue weighted by Crippen LogP contribution is -2.53. The molecule has 3 N–H and O–H groups in total. The van der Waals surface area contributed by atoms with Crippen LogP contribution in [0.25, 0.3) is 0 Å². The lowest BCUT2D eigenvalue weighted by Gasteiger charge is -2.38. The predicted molar refractivity (Wildman–Crippen MR) is 63.9 cm³/mol. The molecule has 6 nitrogen and oxygen atoms in total. The maximum atomic E-state index is 12.6. The van der Waals surface area contributed by atoms with E-state index in [2.05, 4.69) is 0 Å². The summed E-state index contributed by atoms with van der Waals surface area (Å²) in [6, 6.07) is -0.677. The maximum absolute atomic E-state index is 12.6. The fourth-order valence-electron chi connectivity index (χ4n) is 2.84. The third-order valence-electron chi connectivity index (χ3n) is 4.09. The molecule has 2 heterocycles. The Morgan fingerprint density at radius 2 is 2.06 bits per heavy atom. The number of rotatable bonds is 3. The number of carboxylic acid groups (broad SMARTS) is 1. The Kier molecular flexibility index (Phi) is 3.87. The van der Waals surface area contributed by atoms with Crippen molar-refractivity contribution in [1.82, 2.24) is 4.90 Å². The second-order valence-corrected chi connectivity index (χ2v) is 5.09. The second kappa shape index (κ2) is 5.24. The summed E-state index contributed by atoms with van der Waals surface area (Å²) in [5.41, 5.74) is 5.16.